The molecule has 3 aromatic rings. The molecule has 27 heavy (non-hydrogen) atoms. The highest BCUT2D eigenvalue weighted by atomic mass is 35.5. The molecule has 0 saturated heterocycles. The van der Waals surface area contributed by atoms with Gasteiger partial charge >= 0.3 is 5.76 Å². The number of benzene rings is 2. The van der Waals surface area contributed by atoms with Crippen LogP contribution in [0, 0.1) is 0 Å². The Kier molecular flexibility index (Phi) is 5.83. The number of nitrogens with zero attached hydrogens (tertiary/aromatic N) is 3. The molecule has 5 nitrogen and oxygen atoms in total. The topological polar surface area (TPSA) is 64.8 Å². The number of hydrogen-bond donors (Lipinski definition) is 0. The summed E-state index contributed by atoms with van der Waals surface area (Å²) in [7, 11) is -4.60. The zero-order valence-electron chi connectivity index (χ0n) is 14.0. The summed E-state index contributed by atoms with van der Waals surface area (Å²) < 4.78 is 50.1. The quantitative estimate of drug-likeness (QED) is 0.565. The average Bonchev–Trinajstić information content (AvgIpc) is 3.04. The SMILES string of the molecule is CCn1c(Sc2ccc(S(=O)(=O)C(F)F)cc2)nnc1-c1cccc(Cl)c1. The summed E-state index contributed by atoms with van der Waals surface area (Å²) in [5.41, 5.74) is 0.821. The van der Waals surface area contributed by atoms with Gasteiger partial charge in [-0.15, -0.1) is 10.2 Å². The maximum atomic E-state index is 12.6. The molecular formula is C17H14ClF2N3O2S2. The van der Waals surface area contributed by atoms with E-state index in [4.69, 9.17) is 11.6 Å². The van der Waals surface area contributed by atoms with Crippen LogP contribution in [0.5, 0.6) is 0 Å². The van der Waals surface area contributed by atoms with Gasteiger partial charge < -0.3 is 4.57 Å². The standard InChI is InChI=1S/C17H14ClF2N3O2S2/c1-2-23-15(11-4-3-5-12(18)10-11)21-22-17(23)26-13-6-8-14(9-7-13)27(24,25)16(19)20/h3-10,16H,2H2,1H3. The maximum absolute atomic E-state index is 12.6. The molecule has 10 heteroatoms. The minimum absolute atomic E-state index is 0.418. The molecule has 0 fully saturated rings. The zero-order chi connectivity index (χ0) is 19.6. The zero-order valence-corrected chi connectivity index (χ0v) is 16.4. The van der Waals surface area contributed by atoms with Crippen LogP contribution in [0.1, 0.15) is 6.92 Å². The molecule has 142 valence electrons. The molecular weight excluding hydrogens is 416 g/mol. The second-order valence-electron chi connectivity index (χ2n) is 5.44. The number of aromatic nitrogens is 3. The molecule has 0 saturated carbocycles. The van der Waals surface area contributed by atoms with Gasteiger partial charge in [0.05, 0.1) is 4.90 Å². The van der Waals surface area contributed by atoms with Gasteiger partial charge in [-0.3, -0.25) is 0 Å². The van der Waals surface area contributed by atoms with E-state index in [1.54, 1.807) is 12.1 Å². The normalized spacial score (nSPS) is 11.9. The van der Waals surface area contributed by atoms with E-state index in [-0.39, 0.29) is 0 Å². The highest BCUT2D eigenvalue weighted by Gasteiger charge is 2.26. The summed E-state index contributed by atoms with van der Waals surface area (Å²) in [4.78, 5) is 0.237. The van der Waals surface area contributed by atoms with Crippen LogP contribution < -0.4 is 0 Å². The van der Waals surface area contributed by atoms with Crippen molar-refractivity contribution in [3.63, 3.8) is 0 Å². The van der Waals surface area contributed by atoms with Crippen molar-refractivity contribution in [3.8, 4) is 11.4 Å². The Balaban J connectivity index is 1.89. The summed E-state index contributed by atoms with van der Waals surface area (Å²) in [6.07, 6.45) is 0. The fraction of sp³-hybridized carbons (Fsp3) is 0.176. The van der Waals surface area contributed by atoms with Crippen molar-refractivity contribution in [1.82, 2.24) is 14.8 Å². The Labute approximate surface area is 164 Å². The number of hydrogen-bond acceptors (Lipinski definition) is 5. The van der Waals surface area contributed by atoms with Crippen molar-refractivity contribution in [1.29, 1.82) is 0 Å². The van der Waals surface area contributed by atoms with Crippen LogP contribution in [0.25, 0.3) is 11.4 Å². The second kappa shape index (κ2) is 7.95. The summed E-state index contributed by atoms with van der Waals surface area (Å²) in [5.74, 6) is -2.79. The number of alkyl halides is 2. The van der Waals surface area contributed by atoms with Crippen LogP contribution in [0.15, 0.2) is 63.5 Å². The van der Waals surface area contributed by atoms with E-state index in [2.05, 4.69) is 10.2 Å². The van der Waals surface area contributed by atoms with Gasteiger partial charge in [-0.05, 0) is 55.1 Å². The van der Waals surface area contributed by atoms with Gasteiger partial charge in [0.15, 0.2) is 11.0 Å². The fourth-order valence-corrected chi connectivity index (χ4v) is 4.20. The summed E-state index contributed by atoms with van der Waals surface area (Å²) in [5, 5.41) is 9.58. The Morgan fingerprint density at radius 3 is 2.44 bits per heavy atom. The largest absolute Gasteiger partial charge is 0.341 e. The summed E-state index contributed by atoms with van der Waals surface area (Å²) >= 11 is 7.30. The van der Waals surface area contributed by atoms with Gasteiger partial charge in [0, 0.05) is 22.0 Å². The van der Waals surface area contributed by atoms with Gasteiger partial charge in [0.1, 0.15) is 0 Å². The van der Waals surface area contributed by atoms with Crippen LogP contribution in [-0.2, 0) is 16.4 Å². The maximum Gasteiger partial charge on any atom is 0.341 e. The van der Waals surface area contributed by atoms with E-state index < -0.39 is 20.5 Å². The van der Waals surface area contributed by atoms with Crippen molar-refractivity contribution < 1.29 is 17.2 Å². The molecule has 0 radical (unpaired) electrons. The molecule has 1 aromatic heterocycles. The van der Waals surface area contributed by atoms with Crippen LogP contribution >= 0.6 is 23.4 Å². The van der Waals surface area contributed by atoms with E-state index in [1.165, 1.54) is 23.9 Å². The van der Waals surface area contributed by atoms with Crippen molar-refractivity contribution in [2.45, 2.75) is 34.2 Å². The lowest BCUT2D eigenvalue weighted by Crippen LogP contribution is -2.11. The van der Waals surface area contributed by atoms with Gasteiger partial charge in [-0.1, -0.05) is 23.7 Å². The molecule has 0 aliphatic carbocycles. The van der Waals surface area contributed by atoms with Crippen molar-refractivity contribution in [2.24, 2.45) is 0 Å². The molecule has 0 amide bonds. The predicted octanol–water partition coefficient (Wildman–Crippen LogP) is 4.77. The molecule has 0 aliphatic rings. The third kappa shape index (κ3) is 4.15. The Bertz CT molecular complexity index is 1050. The Morgan fingerprint density at radius 2 is 1.85 bits per heavy atom. The highest BCUT2D eigenvalue weighted by molar-refractivity contribution is 7.99. The first kappa shape index (κ1) is 19.8. The first-order valence-electron chi connectivity index (χ1n) is 7.82. The van der Waals surface area contributed by atoms with E-state index >= 15 is 0 Å². The average molecular weight is 430 g/mol. The van der Waals surface area contributed by atoms with Crippen molar-refractivity contribution in [3.05, 3.63) is 53.6 Å². The van der Waals surface area contributed by atoms with Gasteiger partial charge in [0.25, 0.3) is 0 Å². The third-order valence-electron chi connectivity index (χ3n) is 3.71. The molecule has 3 rings (SSSR count). The first-order valence-corrected chi connectivity index (χ1v) is 10.6. The molecule has 0 unspecified atom stereocenters. The van der Waals surface area contributed by atoms with E-state index in [1.807, 2.05) is 23.6 Å². The van der Waals surface area contributed by atoms with Crippen LogP contribution in [0.4, 0.5) is 8.78 Å². The minimum atomic E-state index is -4.60. The van der Waals surface area contributed by atoms with Crippen LogP contribution in [0.2, 0.25) is 5.02 Å². The Morgan fingerprint density at radius 1 is 1.15 bits per heavy atom. The summed E-state index contributed by atoms with van der Waals surface area (Å²) in [6, 6.07) is 12.5. The smallest absolute Gasteiger partial charge is 0.302 e. The number of rotatable bonds is 6. The molecule has 0 aliphatic heterocycles. The van der Waals surface area contributed by atoms with Crippen molar-refractivity contribution in [2.75, 3.05) is 0 Å². The van der Waals surface area contributed by atoms with Crippen LogP contribution in [-0.4, -0.2) is 28.9 Å². The van der Waals surface area contributed by atoms with E-state index in [0.29, 0.717) is 27.4 Å². The second-order valence-corrected chi connectivity index (χ2v) is 8.83. The predicted molar refractivity (Wildman–Crippen MR) is 99.9 cm³/mol. The monoisotopic (exact) mass is 429 g/mol. The molecule has 0 atom stereocenters. The lowest BCUT2D eigenvalue weighted by Gasteiger charge is -2.08. The summed E-state index contributed by atoms with van der Waals surface area (Å²) in [6.45, 7) is 2.55. The third-order valence-corrected chi connectivity index (χ3v) is 6.34. The highest BCUT2D eigenvalue weighted by Crippen LogP contribution is 2.31. The van der Waals surface area contributed by atoms with Crippen LogP contribution in [0.3, 0.4) is 0 Å². The van der Waals surface area contributed by atoms with E-state index in [0.717, 1.165) is 17.7 Å². The lowest BCUT2D eigenvalue weighted by atomic mass is 10.2. The molecule has 0 N–H and O–H groups in total. The lowest BCUT2D eigenvalue weighted by molar-refractivity contribution is 0.234. The molecule has 0 bridgehead atoms. The molecule has 1 heterocycles. The van der Waals surface area contributed by atoms with E-state index in [9.17, 15) is 17.2 Å². The van der Waals surface area contributed by atoms with Crippen molar-refractivity contribution >= 4 is 33.2 Å². The van der Waals surface area contributed by atoms with Gasteiger partial charge in [-0.2, -0.15) is 8.78 Å². The fourth-order valence-electron chi connectivity index (χ4n) is 2.40. The molecule has 2 aromatic carbocycles. The minimum Gasteiger partial charge on any atom is -0.302 e. The van der Waals surface area contributed by atoms with Gasteiger partial charge in [0.2, 0.25) is 9.84 Å². The Hall–Kier alpha value is -1.97. The first-order chi connectivity index (χ1) is 12.8. The number of halogens is 3. The number of sulfone groups is 1. The van der Waals surface area contributed by atoms with Gasteiger partial charge in [-0.25, -0.2) is 8.42 Å². The molecule has 0 spiro atoms.